The molecule has 1 aliphatic carbocycles. The predicted molar refractivity (Wildman–Crippen MR) is 71.3 cm³/mol. The zero-order valence-corrected chi connectivity index (χ0v) is 11.8. The van der Waals surface area contributed by atoms with Crippen molar-refractivity contribution in [1.29, 1.82) is 0 Å². The molecule has 0 aromatic rings. The number of nitrogens with zero attached hydrogens (tertiary/aromatic N) is 1. The van der Waals surface area contributed by atoms with Crippen molar-refractivity contribution in [2.75, 3.05) is 6.54 Å². The quantitative estimate of drug-likeness (QED) is 0.609. The number of carboxylic acids is 1. The average molecular weight is 297 g/mol. The number of rotatable bonds is 5. The topological polar surface area (TPSA) is 116 Å². The first-order valence-electron chi connectivity index (χ1n) is 7.03. The number of carbonyl (C=O) groups is 4. The van der Waals surface area contributed by atoms with E-state index < -0.39 is 29.5 Å². The molecule has 0 aromatic heterocycles. The Balaban J connectivity index is 2.00. The maximum Gasteiger partial charge on any atom is 0.325 e. The Kier molecular flexibility index (Phi) is 4.15. The molecular formula is C13H19N3O5. The number of carboxylic acid groups (broad SMARTS) is 1. The number of imide groups is 1. The Bertz CT molecular complexity index is 484. The highest BCUT2D eigenvalue weighted by atomic mass is 16.4. The van der Waals surface area contributed by atoms with E-state index in [1.165, 1.54) is 6.92 Å². The van der Waals surface area contributed by atoms with Crippen LogP contribution >= 0.6 is 0 Å². The van der Waals surface area contributed by atoms with Gasteiger partial charge in [-0.1, -0.05) is 12.8 Å². The van der Waals surface area contributed by atoms with Crippen LogP contribution < -0.4 is 10.6 Å². The molecule has 2 aliphatic rings. The second kappa shape index (κ2) is 5.71. The lowest BCUT2D eigenvalue weighted by molar-refractivity contribution is -0.139. The largest absolute Gasteiger partial charge is 0.481 e. The monoisotopic (exact) mass is 297 g/mol. The minimum atomic E-state index is -1.03. The second-order valence-corrected chi connectivity index (χ2v) is 5.51. The van der Waals surface area contributed by atoms with Crippen LogP contribution in [-0.4, -0.2) is 51.9 Å². The maximum atomic E-state index is 12.4. The van der Waals surface area contributed by atoms with E-state index in [9.17, 15) is 19.2 Å². The minimum absolute atomic E-state index is 0.0344. The molecule has 1 saturated heterocycles. The summed E-state index contributed by atoms with van der Waals surface area (Å²) in [6.45, 7) is 1.43. The summed E-state index contributed by atoms with van der Waals surface area (Å²) in [5.41, 5.74) is -0.841. The molecule has 1 unspecified atom stereocenters. The molecule has 2 rings (SSSR count). The molecule has 0 radical (unpaired) electrons. The number of aliphatic carboxylic acids is 1. The van der Waals surface area contributed by atoms with Crippen LogP contribution in [0.2, 0.25) is 0 Å². The molecule has 1 atom stereocenters. The fourth-order valence-electron chi connectivity index (χ4n) is 2.87. The normalized spacial score (nSPS) is 21.5. The third kappa shape index (κ3) is 2.84. The third-order valence-electron chi connectivity index (χ3n) is 4.06. The summed E-state index contributed by atoms with van der Waals surface area (Å²) in [5, 5.41) is 13.6. The Morgan fingerprint density at radius 1 is 1.38 bits per heavy atom. The van der Waals surface area contributed by atoms with Crippen LogP contribution in [0.25, 0.3) is 0 Å². The van der Waals surface area contributed by atoms with Crippen molar-refractivity contribution in [3.63, 3.8) is 0 Å². The van der Waals surface area contributed by atoms with Crippen LogP contribution in [-0.2, 0) is 14.4 Å². The first-order chi connectivity index (χ1) is 9.87. The van der Waals surface area contributed by atoms with Crippen molar-refractivity contribution in [2.45, 2.75) is 50.6 Å². The lowest BCUT2D eigenvalue weighted by Gasteiger charge is -2.23. The summed E-state index contributed by atoms with van der Waals surface area (Å²) in [6, 6.07) is -1.51. The van der Waals surface area contributed by atoms with Gasteiger partial charge in [-0.25, -0.2) is 9.69 Å². The summed E-state index contributed by atoms with van der Waals surface area (Å²) in [4.78, 5) is 47.7. The highest BCUT2D eigenvalue weighted by Gasteiger charge is 2.54. The molecule has 1 heterocycles. The average Bonchev–Trinajstić information content (AvgIpc) is 2.96. The molecule has 8 heteroatoms. The van der Waals surface area contributed by atoms with Crippen LogP contribution in [0.5, 0.6) is 0 Å². The molecular weight excluding hydrogens is 278 g/mol. The molecule has 0 bridgehead atoms. The van der Waals surface area contributed by atoms with E-state index in [-0.39, 0.29) is 18.9 Å². The lowest BCUT2D eigenvalue weighted by atomic mass is 9.97. The van der Waals surface area contributed by atoms with Crippen LogP contribution in [0, 0.1) is 0 Å². The predicted octanol–water partition coefficient (Wildman–Crippen LogP) is -0.170. The number of hydrogen-bond donors (Lipinski definition) is 3. The molecule has 2 fully saturated rings. The van der Waals surface area contributed by atoms with E-state index in [0.717, 1.165) is 17.7 Å². The van der Waals surface area contributed by atoms with Gasteiger partial charge in [-0.3, -0.25) is 14.4 Å². The van der Waals surface area contributed by atoms with Crippen molar-refractivity contribution in [1.82, 2.24) is 15.5 Å². The maximum absolute atomic E-state index is 12.4. The number of nitrogens with one attached hydrogen (secondary N) is 2. The first kappa shape index (κ1) is 15.3. The minimum Gasteiger partial charge on any atom is -0.481 e. The molecule has 8 nitrogen and oxygen atoms in total. The fourth-order valence-corrected chi connectivity index (χ4v) is 2.87. The Labute approximate surface area is 121 Å². The lowest BCUT2D eigenvalue weighted by Crippen LogP contribution is -2.50. The molecule has 3 N–H and O–H groups in total. The fraction of sp³-hybridized carbons (Fsp3) is 0.692. The summed E-state index contributed by atoms with van der Waals surface area (Å²) in [7, 11) is 0. The van der Waals surface area contributed by atoms with Gasteiger partial charge in [0.2, 0.25) is 5.91 Å². The Morgan fingerprint density at radius 2 is 2.00 bits per heavy atom. The van der Waals surface area contributed by atoms with Gasteiger partial charge >= 0.3 is 12.0 Å². The Morgan fingerprint density at radius 3 is 2.57 bits per heavy atom. The van der Waals surface area contributed by atoms with Crippen molar-refractivity contribution in [3.8, 4) is 0 Å². The van der Waals surface area contributed by atoms with E-state index in [1.807, 2.05) is 0 Å². The highest BCUT2D eigenvalue weighted by Crippen LogP contribution is 2.35. The summed E-state index contributed by atoms with van der Waals surface area (Å²) >= 11 is 0. The zero-order chi connectivity index (χ0) is 15.6. The third-order valence-corrected chi connectivity index (χ3v) is 4.06. The summed E-state index contributed by atoms with van der Waals surface area (Å²) < 4.78 is 0. The van der Waals surface area contributed by atoms with Crippen LogP contribution in [0.4, 0.5) is 4.79 Å². The molecule has 21 heavy (non-hydrogen) atoms. The highest BCUT2D eigenvalue weighted by molar-refractivity contribution is 6.09. The first-order valence-corrected chi connectivity index (χ1v) is 7.03. The zero-order valence-electron chi connectivity index (χ0n) is 11.8. The summed E-state index contributed by atoms with van der Waals surface area (Å²) in [6.07, 6.45) is 2.74. The van der Waals surface area contributed by atoms with Crippen LogP contribution in [0.3, 0.4) is 0 Å². The van der Waals surface area contributed by atoms with Crippen molar-refractivity contribution < 1.29 is 24.3 Å². The molecule has 1 saturated carbocycles. The van der Waals surface area contributed by atoms with Crippen LogP contribution in [0.1, 0.15) is 39.0 Å². The van der Waals surface area contributed by atoms with Crippen molar-refractivity contribution >= 4 is 23.8 Å². The van der Waals surface area contributed by atoms with Gasteiger partial charge in [0, 0.05) is 6.54 Å². The molecule has 4 amide bonds. The molecule has 1 aliphatic heterocycles. The van der Waals surface area contributed by atoms with Gasteiger partial charge in [-0.2, -0.15) is 0 Å². The van der Waals surface area contributed by atoms with Gasteiger partial charge < -0.3 is 15.7 Å². The van der Waals surface area contributed by atoms with E-state index in [1.54, 1.807) is 0 Å². The molecule has 0 aromatic carbocycles. The smallest absolute Gasteiger partial charge is 0.325 e. The van der Waals surface area contributed by atoms with E-state index in [0.29, 0.717) is 12.8 Å². The number of hydrogen-bond acceptors (Lipinski definition) is 4. The van der Waals surface area contributed by atoms with Gasteiger partial charge in [-0.15, -0.1) is 0 Å². The van der Waals surface area contributed by atoms with Crippen LogP contribution in [0.15, 0.2) is 0 Å². The van der Waals surface area contributed by atoms with Crippen molar-refractivity contribution in [2.24, 2.45) is 0 Å². The molecule has 116 valence electrons. The number of carbonyl (C=O) groups excluding carboxylic acids is 3. The SMILES string of the molecule is CC(C(=O)NCCC(=O)O)N1C(=O)NC2(CCCC2)C1=O. The Hall–Kier alpha value is -2.12. The van der Waals surface area contributed by atoms with E-state index in [2.05, 4.69) is 10.6 Å². The van der Waals surface area contributed by atoms with Crippen molar-refractivity contribution in [3.05, 3.63) is 0 Å². The van der Waals surface area contributed by atoms with Gasteiger partial charge in [0.1, 0.15) is 11.6 Å². The number of urea groups is 1. The van der Waals surface area contributed by atoms with E-state index >= 15 is 0 Å². The van der Waals surface area contributed by atoms with Gasteiger partial charge in [0.05, 0.1) is 6.42 Å². The molecule has 1 spiro atoms. The number of amides is 4. The van der Waals surface area contributed by atoms with Gasteiger partial charge in [-0.05, 0) is 19.8 Å². The standard InChI is InChI=1S/C13H19N3O5/c1-8(10(19)14-7-4-9(17)18)16-11(20)13(15-12(16)21)5-2-3-6-13/h8H,2-7H2,1H3,(H,14,19)(H,15,21)(H,17,18). The van der Waals surface area contributed by atoms with E-state index in [4.69, 9.17) is 5.11 Å². The van der Waals surface area contributed by atoms with Gasteiger partial charge in [0.15, 0.2) is 0 Å². The van der Waals surface area contributed by atoms with Gasteiger partial charge in [0.25, 0.3) is 5.91 Å². The second-order valence-electron chi connectivity index (χ2n) is 5.51. The summed E-state index contributed by atoms with van der Waals surface area (Å²) in [5.74, 6) is -1.91.